The van der Waals surface area contributed by atoms with Gasteiger partial charge in [-0.1, -0.05) is 51.0 Å². The first-order chi connectivity index (χ1) is 10.6. The lowest BCUT2D eigenvalue weighted by molar-refractivity contribution is 0.103. The zero-order valence-corrected chi connectivity index (χ0v) is 13.1. The van der Waals surface area contributed by atoms with E-state index in [0.29, 0.717) is 17.5 Å². The van der Waals surface area contributed by atoms with Crippen molar-refractivity contribution in [2.75, 3.05) is 0 Å². The van der Waals surface area contributed by atoms with Gasteiger partial charge < -0.3 is 10.2 Å². The summed E-state index contributed by atoms with van der Waals surface area (Å²) >= 11 is 0. The molecule has 0 saturated carbocycles. The molecule has 2 rings (SSSR count). The van der Waals surface area contributed by atoms with Crippen LogP contribution in [0.1, 0.15) is 53.7 Å². The minimum absolute atomic E-state index is 0.0396. The number of benzene rings is 2. The van der Waals surface area contributed by atoms with E-state index in [1.807, 2.05) is 25.1 Å². The van der Waals surface area contributed by atoms with Gasteiger partial charge in [-0.2, -0.15) is 0 Å². The van der Waals surface area contributed by atoms with Crippen molar-refractivity contribution < 1.29 is 15.0 Å². The van der Waals surface area contributed by atoms with Gasteiger partial charge in [-0.3, -0.25) is 4.79 Å². The smallest absolute Gasteiger partial charge is 0.197 e. The van der Waals surface area contributed by atoms with Crippen LogP contribution in [-0.2, 0) is 12.8 Å². The first-order valence-corrected chi connectivity index (χ1v) is 7.76. The Balaban J connectivity index is 2.48. The van der Waals surface area contributed by atoms with Crippen LogP contribution in [0.15, 0.2) is 36.4 Å². The van der Waals surface area contributed by atoms with Crippen molar-refractivity contribution in [3.8, 4) is 11.5 Å². The molecule has 0 bridgehead atoms. The molecule has 0 aliphatic rings. The normalized spacial score (nSPS) is 10.6. The van der Waals surface area contributed by atoms with Crippen LogP contribution in [0.2, 0.25) is 0 Å². The fraction of sp³-hybridized carbons (Fsp3) is 0.316. The molecular weight excluding hydrogens is 276 g/mol. The van der Waals surface area contributed by atoms with Crippen LogP contribution in [0.3, 0.4) is 0 Å². The molecule has 0 fully saturated rings. The number of hydrogen-bond acceptors (Lipinski definition) is 3. The van der Waals surface area contributed by atoms with E-state index in [9.17, 15) is 15.0 Å². The summed E-state index contributed by atoms with van der Waals surface area (Å²) in [6.45, 7) is 4.03. The number of aryl methyl sites for hydroxylation is 1. The Morgan fingerprint density at radius 2 is 1.59 bits per heavy atom. The van der Waals surface area contributed by atoms with E-state index >= 15 is 0 Å². The second-order valence-corrected chi connectivity index (χ2v) is 5.45. The lowest BCUT2D eigenvalue weighted by Crippen LogP contribution is -2.07. The molecule has 0 spiro atoms. The van der Waals surface area contributed by atoms with E-state index < -0.39 is 0 Å². The molecule has 2 aromatic rings. The Bertz CT molecular complexity index is 674. The third-order valence-corrected chi connectivity index (χ3v) is 3.78. The summed E-state index contributed by atoms with van der Waals surface area (Å²) in [5.74, 6) is -0.255. The zero-order valence-electron chi connectivity index (χ0n) is 13.1. The van der Waals surface area contributed by atoms with Crippen molar-refractivity contribution in [3.05, 3.63) is 58.7 Å². The molecule has 0 aliphatic heterocycles. The summed E-state index contributed by atoms with van der Waals surface area (Å²) in [4.78, 5) is 12.8. The van der Waals surface area contributed by atoms with Gasteiger partial charge in [0.25, 0.3) is 0 Å². The largest absolute Gasteiger partial charge is 0.508 e. The van der Waals surface area contributed by atoms with Crippen LogP contribution in [0.5, 0.6) is 11.5 Å². The SMILES string of the molecule is CCCc1ccccc1C(=O)c1ccc(O)c(CCC)c1O. The predicted octanol–water partition coefficient (Wildman–Crippen LogP) is 4.23. The van der Waals surface area contributed by atoms with Crippen molar-refractivity contribution in [2.24, 2.45) is 0 Å². The molecule has 0 unspecified atom stereocenters. The minimum Gasteiger partial charge on any atom is -0.508 e. The minimum atomic E-state index is -0.195. The number of carbonyl (C=O) groups is 1. The van der Waals surface area contributed by atoms with Crippen molar-refractivity contribution in [1.29, 1.82) is 0 Å². The lowest BCUT2D eigenvalue weighted by atomic mass is 9.93. The molecule has 0 saturated heterocycles. The molecule has 0 atom stereocenters. The highest BCUT2D eigenvalue weighted by atomic mass is 16.3. The van der Waals surface area contributed by atoms with E-state index in [1.54, 1.807) is 6.07 Å². The maximum absolute atomic E-state index is 12.8. The fourth-order valence-corrected chi connectivity index (χ4v) is 2.68. The summed E-state index contributed by atoms with van der Waals surface area (Å²) in [5.41, 5.74) is 2.30. The van der Waals surface area contributed by atoms with Gasteiger partial charge in [-0.05, 0) is 30.5 Å². The van der Waals surface area contributed by atoms with E-state index in [4.69, 9.17) is 0 Å². The van der Waals surface area contributed by atoms with Crippen LogP contribution < -0.4 is 0 Å². The van der Waals surface area contributed by atoms with E-state index in [0.717, 1.165) is 24.8 Å². The molecular formula is C19H22O3. The average molecular weight is 298 g/mol. The highest BCUT2D eigenvalue weighted by molar-refractivity contribution is 6.11. The van der Waals surface area contributed by atoms with Crippen LogP contribution in [-0.4, -0.2) is 16.0 Å². The van der Waals surface area contributed by atoms with Crippen molar-refractivity contribution in [1.82, 2.24) is 0 Å². The fourth-order valence-electron chi connectivity index (χ4n) is 2.68. The van der Waals surface area contributed by atoms with Gasteiger partial charge in [0.1, 0.15) is 11.5 Å². The molecule has 3 nitrogen and oxygen atoms in total. The molecule has 0 heterocycles. The van der Waals surface area contributed by atoms with Gasteiger partial charge in [0.05, 0.1) is 5.56 Å². The van der Waals surface area contributed by atoms with Crippen molar-refractivity contribution >= 4 is 5.78 Å². The van der Waals surface area contributed by atoms with Crippen molar-refractivity contribution in [3.63, 3.8) is 0 Å². The first kappa shape index (κ1) is 16.1. The Labute approximate surface area is 131 Å². The highest BCUT2D eigenvalue weighted by Crippen LogP contribution is 2.33. The number of ketones is 1. The van der Waals surface area contributed by atoms with Gasteiger partial charge >= 0.3 is 0 Å². The highest BCUT2D eigenvalue weighted by Gasteiger charge is 2.20. The van der Waals surface area contributed by atoms with Crippen LogP contribution >= 0.6 is 0 Å². The zero-order chi connectivity index (χ0) is 16.1. The predicted molar refractivity (Wildman–Crippen MR) is 87.6 cm³/mol. The number of rotatable bonds is 6. The molecule has 22 heavy (non-hydrogen) atoms. The quantitative estimate of drug-likeness (QED) is 0.784. The van der Waals surface area contributed by atoms with Gasteiger partial charge in [0.2, 0.25) is 0 Å². The van der Waals surface area contributed by atoms with Crippen LogP contribution in [0.25, 0.3) is 0 Å². The Morgan fingerprint density at radius 3 is 2.27 bits per heavy atom. The topological polar surface area (TPSA) is 57.5 Å². The van der Waals surface area contributed by atoms with E-state index in [2.05, 4.69) is 6.92 Å². The molecule has 116 valence electrons. The lowest BCUT2D eigenvalue weighted by Gasteiger charge is -2.12. The third-order valence-electron chi connectivity index (χ3n) is 3.78. The third kappa shape index (κ3) is 3.14. The monoisotopic (exact) mass is 298 g/mol. The van der Waals surface area contributed by atoms with Gasteiger partial charge in [-0.15, -0.1) is 0 Å². The second kappa shape index (κ2) is 7.12. The molecule has 0 aromatic heterocycles. The second-order valence-electron chi connectivity index (χ2n) is 5.45. The summed E-state index contributed by atoms with van der Waals surface area (Å²) < 4.78 is 0. The first-order valence-electron chi connectivity index (χ1n) is 7.76. The van der Waals surface area contributed by atoms with Gasteiger partial charge in [0.15, 0.2) is 5.78 Å². The molecule has 0 aliphatic carbocycles. The van der Waals surface area contributed by atoms with Gasteiger partial charge in [0, 0.05) is 11.1 Å². The Hall–Kier alpha value is -2.29. The number of phenolic OH excluding ortho intramolecular Hbond substituents is 2. The van der Waals surface area contributed by atoms with E-state index in [1.165, 1.54) is 12.1 Å². The Kier molecular flexibility index (Phi) is 5.21. The molecule has 2 aromatic carbocycles. The average Bonchev–Trinajstić information content (AvgIpc) is 2.52. The summed E-state index contributed by atoms with van der Waals surface area (Å²) in [5, 5.41) is 20.2. The molecule has 2 N–H and O–H groups in total. The maximum atomic E-state index is 12.8. The van der Waals surface area contributed by atoms with E-state index in [-0.39, 0.29) is 22.8 Å². The van der Waals surface area contributed by atoms with Gasteiger partial charge in [-0.25, -0.2) is 0 Å². The molecule has 0 amide bonds. The number of hydrogen-bond donors (Lipinski definition) is 2. The summed E-state index contributed by atoms with van der Waals surface area (Å²) in [7, 11) is 0. The maximum Gasteiger partial charge on any atom is 0.197 e. The van der Waals surface area contributed by atoms with Crippen LogP contribution in [0, 0.1) is 0 Å². The van der Waals surface area contributed by atoms with Crippen LogP contribution in [0.4, 0.5) is 0 Å². The van der Waals surface area contributed by atoms with Crippen molar-refractivity contribution in [2.45, 2.75) is 39.5 Å². The number of aromatic hydroxyl groups is 2. The standard InChI is InChI=1S/C19H22O3/c1-3-7-13-9-5-6-10-14(13)18(21)16-11-12-17(20)15(8-4-2)19(16)22/h5-6,9-12,20,22H,3-4,7-8H2,1-2H3. The Morgan fingerprint density at radius 1 is 0.909 bits per heavy atom. The number of carbonyl (C=O) groups excluding carboxylic acids is 1. The summed E-state index contributed by atoms with van der Waals surface area (Å²) in [6, 6.07) is 10.5. The number of phenols is 2. The molecule has 3 heteroatoms. The molecule has 0 radical (unpaired) electrons. The summed E-state index contributed by atoms with van der Waals surface area (Å²) in [6.07, 6.45) is 3.09.